The van der Waals surface area contributed by atoms with Crippen LogP contribution in [-0.2, 0) is 26.1 Å². The average molecular weight is 449 g/mol. The van der Waals surface area contributed by atoms with E-state index in [0.29, 0.717) is 6.42 Å². The van der Waals surface area contributed by atoms with Gasteiger partial charge in [0, 0.05) is 18.7 Å². The molecular weight excluding hydrogens is 420 g/mol. The summed E-state index contributed by atoms with van der Waals surface area (Å²) in [5.41, 5.74) is 1.47. The van der Waals surface area contributed by atoms with Crippen LogP contribution >= 0.6 is 0 Å². The molecular formula is C22H28N2O6S. The Morgan fingerprint density at radius 3 is 2.32 bits per heavy atom. The lowest BCUT2D eigenvalue weighted by Crippen LogP contribution is -2.48. The number of rotatable bonds is 10. The predicted molar refractivity (Wildman–Crippen MR) is 117 cm³/mol. The third-order valence-electron chi connectivity index (χ3n) is 5.10. The summed E-state index contributed by atoms with van der Waals surface area (Å²) in [6.07, 6.45) is 0.559. The monoisotopic (exact) mass is 448 g/mol. The van der Waals surface area contributed by atoms with Crippen LogP contribution in [-0.4, -0.2) is 36.3 Å². The Balaban J connectivity index is 2.60. The van der Waals surface area contributed by atoms with Crippen LogP contribution in [0.15, 0.2) is 53.4 Å². The Morgan fingerprint density at radius 1 is 1.16 bits per heavy atom. The van der Waals surface area contributed by atoms with E-state index >= 15 is 0 Å². The highest BCUT2D eigenvalue weighted by atomic mass is 32.2. The smallest absolute Gasteiger partial charge is 0.324 e. The van der Waals surface area contributed by atoms with Crippen LogP contribution in [0, 0.1) is 23.0 Å². The first kappa shape index (κ1) is 24.5. The minimum atomic E-state index is -4.16. The Kier molecular flexibility index (Phi) is 8.29. The number of nitro groups is 1. The lowest BCUT2D eigenvalue weighted by molar-refractivity contribution is -0.384. The van der Waals surface area contributed by atoms with E-state index in [2.05, 4.69) is 0 Å². The van der Waals surface area contributed by atoms with Crippen LogP contribution in [0.4, 0.5) is 5.69 Å². The van der Waals surface area contributed by atoms with Gasteiger partial charge in [-0.15, -0.1) is 0 Å². The minimum Gasteiger partial charge on any atom is -0.465 e. The second kappa shape index (κ2) is 10.5. The van der Waals surface area contributed by atoms with Crippen LogP contribution in [0.25, 0.3) is 0 Å². The van der Waals surface area contributed by atoms with Gasteiger partial charge in [-0.05, 0) is 37.5 Å². The van der Waals surface area contributed by atoms with Crippen molar-refractivity contribution in [3.8, 4) is 0 Å². The summed E-state index contributed by atoms with van der Waals surface area (Å²) in [5, 5.41) is 11.0. The van der Waals surface area contributed by atoms with Crippen LogP contribution in [0.5, 0.6) is 0 Å². The molecule has 0 N–H and O–H groups in total. The number of carbonyl (C=O) groups is 1. The van der Waals surface area contributed by atoms with Gasteiger partial charge in [-0.2, -0.15) is 4.31 Å². The Morgan fingerprint density at radius 2 is 1.81 bits per heavy atom. The number of hydrogen-bond acceptors (Lipinski definition) is 6. The summed E-state index contributed by atoms with van der Waals surface area (Å²) in [7, 11) is -4.16. The number of hydrogen-bond donors (Lipinski definition) is 0. The van der Waals surface area contributed by atoms with Crippen molar-refractivity contribution in [1.29, 1.82) is 0 Å². The number of carbonyl (C=O) groups excluding carboxylic acids is 1. The molecule has 0 heterocycles. The number of nitrogens with zero attached hydrogens (tertiary/aromatic N) is 2. The highest BCUT2D eigenvalue weighted by molar-refractivity contribution is 7.89. The van der Waals surface area contributed by atoms with E-state index in [1.807, 2.05) is 32.0 Å². The Bertz CT molecular complexity index is 1020. The first-order valence-electron chi connectivity index (χ1n) is 10.1. The fraction of sp³-hybridized carbons (Fsp3) is 0.409. The van der Waals surface area contributed by atoms with Crippen molar-refractivity contribution in [2.75, 3.05) is 6.61 Å². The van der Waals surface area contributed by atoms with Gasteiger partial charge in [0.05, 0.1) is 16.4 Å². The normalized spacial score (nSPS) is 13.6. The third-order valence-corrected chi connectivity index (χ3v) is 6.94. The zero-order valence-electron chi connectivity index (χ0n) is 18.1. The lowest BCUT2D eigenvalue weighted by atomic mass is 9.98. The van der Waals surface area contributed by atoms with Crippen LogP contribution in [0.3, 0.4) is 0 Å². The number of sulfonamides is 1. The molecule has 0 aliphatic carbocycles. The van der Waals surface area contributed by atoms with Crippen molar-refractivity contribution in [2.24, 2.45) is 5.92 Å². The van der Waals surface area contributed by atoms with Gasteiger partial charge in [0.1, 0.15) is 6.04 Å². The summed E-state index contributed by atoms with van der Waals surface area (Å²) >= 11 is 0. The number of nitro benzene ring substituents is 1. The van der Waals surface area contributed by atoms with Gasteiger partial charge < -0.3 is 4.74 Å². The molecule has 2 atom stereocenters. The number of esters is 1. The largest absolute Gasteiger partial charge is 0.465 e. The molecule has 168 valence electrons. The van der Waals surface area contributed by atoms with Crippen LogP contribution < -0.4 is 0 Å². The second-order valence-corrected chi connectivity index (χ2v) is 9.26. The zero-order chi connectivity index (χ0) is 23.2. The first-order chi connectivity index (χ1) is 14.6. The van der Waals surface area contributed by atoms with Gasteiger partial charge in [-0.25, -0.2) is 8.42 Å². The molecule has 0 bridgehead atoms. The van der Waals surface area contributed by atoms with Crippen molar-refractivity contribution >= 4 is 21.7 Å². The summed E-state index contributed by atoms with van der Waals surface area (Å²) in [6, 6.07) is 11.0. The molecule has 0 aliphatic heterocycles. The molecule has 2 rings (SSSR count). The Hall–Kier alpha value is -2.78. The Labute approximate surface area is 183 Å². The minimum absolute atomic E-state index is 0.0329. The average Bonchev–Trinajstić information content (AvgIpc) is 2.73. The number of ether oxygens (including phenoxy) is 1. The summed E-state index contributed by atoms with van der Waals surface area (Å²) in [5.74, 6) is -0.924. The number of benzene rings is 2. The molecule has 0 aromatic heterocycles. The van der Waals surface area contributed by atoms with E-state index in [-0.39, 0.29) is 29.7 Å². The van der Waals surface area contributed by atoms with Gasteiger partial charge in [0.2, 0.25) is 10.0 Å². The van der Waals surface area contributed by atoms with E-state index in [0.717, 1.165) is 27.6 Å². The maximum absolute atomic E-state index is 13.6. The molecule has 0 saturated heterocycles. The van der Waals surface area contributed by atoms with E-state index < -0.39 is 27.0 Å². The molecule has 0 fully saturated rings. The lowest BCUT2D eigenvalue weighted by Gasteiger charge is -2.33. The summed E-state index contributed by atoms with van der Waals surface area (Å²) in [4.78, 5) is 23.1. The van der Waals surface area contributed by atoms with Gasteiger partial charge in [0.25, 0.3) is 5.69 Å². The molecule has 0 saturated carbocycles. The summed E-state index contributed by atoms with van der Waals surface area (Å²) in [6.45, 7) is 7.34. The van der Waals surface area contributed by atoms with Crippen LogP contribution in [0.2, 0.25) is 0 Å². The standard InChI is InChI=1S/C22H28N2O6S/c1-5-17(4)21(22(25)30-6-2)23(15-18-9-7-8-16(3)14-18)31(28,29)20-12-10-19(11-13-20)24(26)27/h7-14,17,21H,5-6,15H2,1-4H3/t17-,21+/m0/s1. The summed E-state index contributed by atoms with van der Waals surface area (Å²) < 4.78 is 33.6. The highest BCUT2D eigenvalue weighted by Gasteiger charge is 2.40. The molecule has 8 nitrogen and oxygen atoms in total. The van der Waals surface area contributed by atoms with Crippen molar-refractivity contribution in [1.82, 2.24) is 4.31 Å². The maximum atomic E-state index is 13.6. The van der Waals surface area contributed by atoms with E-state index in [1.54, 1.807) is 19.9 Å². The fourth-order valence-electron chi connectivity index (χ4n) is 3.28. The van der Waals surface area contributed by atoms with Gasteiger partial charge >= 0.3 is 5.97 Å². The van der Waals surface area contributed by atoms with Crippen molar-refractivity contribution in [3.05, 3.63) is 69.8 Å². The second-order valence-electron chi connectivity index (χ2n) is 7.37. The van der Waals surface area contributed by atoms with Crippen molar-refractivity contribution in [2.45, 2.75) is 51.6 Å². The van der Waals surface area contributed by atoms with E-state index in [1.165, 1.54) is 12.1 Å². The van der Waals surface area contributed by atoms with Crippen molar-refractivity contribution in [3.63, 3.8) is 0 Å². The fourth-order valence-corrected chi connectivity index (χ4v) is 4.95. The molecule has 0 spiro atoms. The number of non-ortho nitro benzene ring substituents is 1. The first-order valence-corrected chi connectivity index (χ1v) is 11.5. The topological polar surface area (TPSA) is 107 Å². The molecule has 0 amide bonds. The molecule has 0 aliphatic rings. The molecule has 9 heteroatoms. The van der Waals surface area contributed by atoms with Gasteiger partial charge in [-0.3, -0.25) is 14.9 Å². The third kappa shape index (κ3) is 5.89. The highest BCUT2D eigenvalue weighted by Crippen LogP contribution is 2.28. The molecule has 31 heavy (non-hydrogen) atoms. The van der Waals surface area contributed by atoms with E-state index in [4.69, 9.17) is 4.74 Å². The number of aryl methyl sites for hydroxylation is 1. The van der Waals surface area contributed by atoms with E-state index in [9.17, 15) is 23.3 Å². The predicted octanol–water partition coefficient (Wildman–Crippen LogP) is 4.07. The molecule has 2 aromatic carbocycles. The zero-order valence-corrected chi connectivity index (χ0v) is 19.0. The van der Waals surface area contributed by atoms with Gasteiger partial charge in [-0.1, -0.05) is 50.1 Å². The van der Waals surface area contributed by atoms with Crippen molar-refractivity contribution < 1.29 is 22.9 Å². The molecule has 0 radical (unpaired) electrons. The molecule has 2 aromatic rings. The maximum Gasteiger partial charge on any atom is 0.324 e. The SMILES string of the molecule is CCOC(=O)[C@@H]([C@@H](C)CC)N(Cc1cccc(C)c1)S(=O)(=O)c1ccc([N+](=O)[O-])cc1. The molecule has 0 unspecified atom stereocenters. The van der Waals surface area contributed by atoms with Crippen LogP contribution in [0.1, 0.15) is 38.3 Å². The van der Waals surface area contributed by atoms with Gasteiger partial charge in [0.15, 0.2) is 0 Å². The quantitative estimate of drug-likeness (QED) is 0.308.